The number of carboxylic acids is 1. The summed E-state index contributed by atoms with van der Waals surface area (Å²) >= 11 is 2.92. The lowest BCUT2D eigenvalue weighted by Gasteiger charge is -2.10. The van der Waals surface area contributed by atoms with E-state index in [1.54, 1.807) is 0 Å². The lowest BCUT2D eigenvalue weighted by Crippen LogP contribution is -2.38. The molecule has 16 heavy (non-hydrogen) atoms. The highest BCUT2D eigenvalue weighted by Crippen LogP contribution is 2.20. The lowest BCUT2D eigenvalue weighted by atomic mass is 10.2. The molecule has 4 nitrogen and oxygen atoms in total. The Balaban J connectivity index is 2.89. The average molecular weight is 290 g/mol. The van der Waals surface area contributed by atoms with Gasteiger partial charge in [0.05, 0.1) is 10.0 Å². The molecule has 0 radical (unpaired) electrons. The first-order valence-corrected chi connectivity index (χ1v) is 5.20. The second-order valence-corrected chi connectivity index (χ2v) is 3.93. The molecule has 0 unspecified atom stereocenters. The van der Waals surface area contributed by atoms with Crippen molar-refractivity contribution in [2.75, 3.05) is 0 Å². The number of rotatable bonds is 3. The van der Waals surface area contributed by atoms with Gasteiger partial charge in [0.1, 0.15) is 11.9 Å². The van der Waals surface area contributed by atoms with Crippen molar-refractivity contribution in [3.05, 3.63) is 34.1 Å². The molecular weight excluding hydrogens is 281 g/mol. The van der Waals surface area contributed by atoms with Crippen LogP contribution < -0.4 is 5.32 Å². The van der Waals surface area contributed by atoms with Gasteiger partial charge in [0, 0.05) is 0 Å². The first kappa shape index (κ1) is 12.6. The van der Waals surface area contributed by atoms with Crippen LogP contribution in [0.3, 0.4) is 0 Å². The summed E-state index contributed by atoms with van der Waals surface area (Å²) in [5.41, 5.74) is 0.0631. The fourth-order valence-corrected chi connectivity index (χ4v) is 1.46. The van der Waals surface area contributed by atoms with Crippen LogP contribution in [0.2, 0.25) is 0 Å². The largest absolute Gasteiger partial charge is 0.480 e. The zero-order valence-electron chi connectivity index (χ0n) is 8.33. The second-order valence-electron chi connectivity index (χ2n) is 3.13. The summed E-state index contributed by atoms with van der Waals surface area (Å²) in [5.74, 6) is -2.36. The molecule has 2 N–H and O–H groups in total. The number of halogens is 2. The van der Waals surface area contributed by atoms with E-state index in [1.807, 2.05) is 0 Å². The number of carboxylic acid groups (broad SMARTS) is 1. The van der Waals surface area contributed by atoms with Crippen molar-refractivity contribution in [2.45, 2.75) is 13.0 Å². The van der Waals surface area contributed by atoms with E-state index in [1.165, 1.54) is 25.1 Å². The average Bonchev–Trinajstić information content (AvgIpc) is 2.21. The summed E-state index contributed by atoms with van der Waals surface area (Å²) in [6, 6.07) is 2.95. The monoisotopic (exact) mass is 289 g/mol. The quantitative estimate of drug-likeness (QED) is 0.892. The minimum Gasteiger partial charge on any atom is -0.480 e. The Morgan fingerprint density at radius 1 is 1.50 bits per heavy atom. The molecule has 0 aliphatic rings. The highest BCUT2D eigenvalue weighted by molar-refractivity contribution is 9.10. The van der Waals surface area contributed by atoms with Crippen LogP contribution >= 0.6 is 15.9 Å². The van der Waals surface area contributed by atoms with Crippen LogP contribution in [0.15, 0.2) is 22.7 Å². The lowest BCUT2D eigenvalue weighted by molar-refractivity contribution is -0.138. The smallest absolute Gasteiger partial charge is 0.325 e. The molecule has 0 saturated heterocycles. The Kier molecular flexibility index (Phi) is 4.00. The van der Waals surface area contributed by atoms with E-state index >= 15 is 0 Å². The molecule has 1 atom stereocenters. The Labute approximate surface area is 99.6 Å². The van der Waals surface area contributed by atoms with Gasteiger partial charge >= 0.3 is 5.97 Å². The van der Waals surface area contributed by atoms with Gasteiger partial charge < -0.3 is 10.4 Å². The van der Waals surface area contributed by atoms with Gasteiger partial charge in [-0.1, -0.05) is 6.07 Å². The predicted octanol–water partition coefficient (Wildman–Crippen LogP) is 1.79. The first-order chi connectivity index (χ1) is 7.43. The third-order valence-electron chi connectivity index (χ3n) is 1.91. The topological polar surface area (TPSA) is 66.4 Å². The molecule has 1 aromatic carbocycles. The molecular formula is C10H9BrFNO3. The third kappa shape index (κ3) is 2.79. The number of nitrogens with one attached hydrogen (secondary N) is 1. The highest BCUT2D eigenvalue weighted by Gasteiger charge is 2.18. The number of amides is 1. The molecule has 6 heteroatoms. The molecule has 0 bridgehead atoms. The van der Waals surface area contributed by atoms with Crippen LogP contribution in [-0.2, 0) is 4.79 Å². The summed E-state index contributed by atoms with van der Waals surface area (Å²) in [6.45, 7) is 1.33. The van der Waals surface area contributed by atoms with Gasteiger partial charge in [-0.2, -0.15) is 0 Å². The molecule has 86 valence electrons. The van der Waals surface area contributed by atoms with Crippen LogP contribution in [0.5, 0.6) is 0 Å². The molecule has 0 saturated carbocycles. The third-order valence-corrected chi connectivity index (χ3v) is 2.72. The fourth-order valence-electron chi connectivity index (χ4n) is 1.02. The maximum absolute atomic E-state index is 13.1. The van der Waals surface area contributed by atoms with Gasteiger partial charge in [-0.3, -0.25) is 9.59 Å². The molecule has 0 aliphatic heterocycles. The second kappa shape index (κ2) is 5.07. The molecule has 0 aromatic heterocycles. The van der Waals surface area contributed by atoms with Gasteiger partial charge in [0.25, 0.3) is 5.91 Å². The zero-order chi connectivity index (χ0) is 12.3. The highest BCUT2D eigenvalue weighted by atomic mass is 79.9. The molecule has 0 fully saturated rings. The van der Waals surface area contributed by atoms with E-state index in [0.29, 0.717) is 0 Å². The molecule has 1 rings (SSSR count). The van der Waals surface area contributed by atoms with Crippen LogP contribution in [0.4, 0.5) is 4.39 Å². The molecule has 1 aromatic rings. The summed E-state index contributed by atoms with van der Waals surface area (Å²) in [4.78, 5) is 22.1. The Morgan fingerprint density at radius 2 is 2.12 bits per heavy atom. The summed E-state index contributed by atoms with van der Waals surface area (Å²) in [6.07, 6.45) is 0. The van der Waals surface area contributed by atoms with Gasteiger partial charge in [-0.15, -0.1) is 0 Å². The number of hydrogen-bond donors (Lipinski definition) is 2. The van der Waals surface area contributed by atoms with E-state index in [0.717, 1.165) is 0 Å². The van der Waals surface area contributed by atoms with E-state index in [9.17, 15) is 14.0 Å². The molecule has 0 spiro atoms. The summed E-state index contributed by atoms with van der Waals surface area (Å²) in [7, 11) is 0. The number of hydrogen-bond acceptors (Lipinski definition) is 2. The van der Waals surface area contributed by atoms with Crippen molar-refractivity contribution < 1.29 is 19.1 Å². The fraction of sp³-hybridized carbons (Fsp3) is 0.200. The minimum atomic E-state index is -1.15. The molecule has 0 aliphatic carbocycles. The van der Waals surface area contributed by atoms with Gasteiger partial charge in [-0.05, 0) is 35.0 Å². The van der Waals surface area contributed by atoms with Crippen LogP contribution in [0.1, 0.15) is 17.3 Å². The standard InChI is InChI=1S/C10H9BrFNO3/c1-5(10(15)16)13-9(14)6-3-2-4-7(12)8(6)11/h2-5H,1H3,(H,13,14)(H,15,16)/t5-/m1/s1. The Morgan fingerprint density at radius 3 is 2.69 bits per heavy atom. The normalized spacial score (nSPS) is 11.9. The van der Waals surface area contributed by atoms with Crippen molar-refractivity contribution in [1.29, 1.82) is 0 Å². The zero-order valence-corrected chi connectivity index (χ0v) is 9.92. The molecule has 1 amide bonds. The maximum Gasteiger partial charge on any atom is 0.325 e. The van der Waals surface area contributed by atoms with E-state index < -0.39 is 23.7 Å². The van der Waals surface area contributed by atoms with Crippen LogP contribution in [0.25, 0.3) is 0 Å². The van der Waals surface area contributed by atoms with Crippen molar-refractivity contribution in [3.63, 3.8) is 0 Å². The van der Waals surface area contributed by atoms with Gasteiger partial charge in [-0.25, -0.2) is 4.39 Å². The molecule has 0 heterocycles. The van der Waals surface area contributed by atoms with Crippen molar-refractivity contribution in [2.24, 2.45) is 0 Å². The van der Waals surface area contributed by atoms with E-state index in [4.69, 9.17) is 5.11 Å². The van der Waals surface area contributed by atoms with E-state index in [2.05, 4.69) is 21.2 Å². The van der Waals surface area contributed by atoms with Gasteiger partial charge in [0.2, 0.25) is 0 Å². The van der Waals surface area contributed by atoms with E-state index in [-0.39, 0.29) is 10.0 Å². The number of aliphatic carboxylic acids is 1. The van der Waals surface area contributed by atoms with Crippen molar-refractivity contribution in [3.8, 4) is 0 Å². The van der Waals surface area contributed by atoms with Gasteiger partial charge in [0.15, 0.2) is 0 Å². The minimum absolute atomic E-state index is 0.0186. The Bertz CT molecular complexity index is 436. The SMILES string of the molecule is C[C@@H](NC(=O)c1cccc(F)c1Br)C(=O)O. The van der Waals surface area contributed by atoms with Crippen LogP contribution in [0, 0.1) is 5.82 Å². The maximum atomic E-state index is 13.1. The summed E-state index contributed by atoms with van der Waals surface area (Å²) in [5, 5.41) is 10.8. The number of carbonyl (C=O) groups is 2. The number of benzene rings is 1. The summed E-state index contributed by atoms with van der Waals surface area (Å²) < 4.78 is 13.1. The van der Waals surface area contributed by atoms with Crippen LogP contribution in [-0.4, -0.2) is 23.0 Å². The predicted molar refractivity (Wildman–Crippen MR) is 58.7 cm³/mol. The number of carbonyl (C=O) groups excluding carboxylic acids is 1. The van der Waals surface area contributed by atoms with Crippen molar-refractivity contribution in [1.82, 2.24) is 5.32 Å². The van der Waals surface area contributed by atoms with Crippen molar-refractivity contribution >= 4 is 27.8 Å². The Hall–Kier alpha value is -1.43. The first-order valence-electron chi connectivity index (χ1n) is 4.41.